The molecule has 0 amide bonds. The van der Waals surface area contributed by atoms with Gasteiger partial charge >= 0.3 is 0 Å². The fraction of sp³-hybridized carbons (Fsp3) is 0.625. The van der Waals surface area contributed by atoms with E-state index in [1.54, 1.807) is 12.1 Å². The number of hydrogen-bond donors (Lipinski definition) is 1. The number of ether oxygens (including phenoxy) is 1. The Bertz CT molecular complexity index is 645. The van der Waals surface area contributed by atoms with Crippen LogP contribution in [0.1, 0.15) is 30.9 Å². The molecule has 1 aromatic carbocycles. The van der Waals surface area contributed by atoms with E-state index in [-0.39, 0.29) is 18.2 Å². The zero-order chi connectivity index (χ0) is 16.4. The van der Waals surface area contributed by atoms with Gasteiger partial charge in [0, 0.05) is 19.8 Å². The quantitative estimate of drug-likeness (QED) is 0.903. The highest BCUT2D eigenvalue weighted by Crippen LogP contribution is 2.35. The maximum atomic E-state index is 13.5. The molecule has 0 spiro atoms. The topological polar surface area (TPSA) is 66.8 Å². The highest BCUT2D eigenvalue weighted by Gasteiger charge is 2.40. The summed E-state index contributed by atoms with van der Waals surface area (Å²) in [4.78, 5) is 0. The molecule has 2 atom stereocenters. The van der Waals surface area contributed by atoms with Crippen molar-refractivity contribution in [2.24, 2.45) is 5.92 Å². The third-order valence-corrected chi connectivity index (χ3v) is 6.62. The summed E-state index contributed by atoms with van der Waals surface area (Å²) in [5, 5.41) is 9.95. The molecule has 128 valence electrons. The Hall–Kier alpha value is -1.02. The predicted octanol–water partition coefficient (Wildman–Crippen LogP) is 1.69. The average Bonchev–Trinajstić information content (AvgIpc) is 2.91. The van der Waals surface area contributed by atoms with Crippen molar-refractivity contribution < 1.29 is 22.7 Å². The molecule has 2 heterocycles. The summed E-state index contributed by atoms with van der Waals surface area (Å²) in [6.07, 6.45) is 1.06. The Labute approximate surface area is 136 Å². The Kier molecular flexibility index (Phi) is 5.01. The molecule has 5 nitrogen and oxygen atoms in total. The molecule has 1 aromatic rings. The van der Waals surface area contributed by atoms with E-state index >= 15 is 0 Å². The van der Waals surface area contributed by atoms with Crippen molar-refractivity contribution >= 4 is 10.0 Å². The summed E-state index contributed by atoms with van der Waals surface area (Å²) in [5.41, 5.74) is 0.595. The molecule has 0 bridgehead atoms. The standard InChI is InChI=1S/C16H22FNO4S/c17-14-3-1-2-13(8-14)16-9-15(19)10-18(16)23(20,21)11-12-4-6-22-7-5-12/h1-3,8,12,15-16,19H,4-7,9-11H2/t15-,16-/m1/s1. The van der Waals surface area contributed by atoms with Gasteiger partial charge in [-0.05, 0) is 42.9 Å². The first-order chi connectivity index (χ1) is 11.0. The van der Waals surface area contributed by atoms with Crippen molar-refractivity contribution in [3.8, 4) is 0 Å². The van der Waals surface area contributed by atoms with Crippen LogP contribution in [-0.2, 0) is 14.8 Å². The Morgan fingerprint density at radius 3 is 2.74 bits per heavy atom. The van der Waals surface area contributed by atoms with Crippen molar-refractivity contribution in [2.45, 2.75) is 31.4 Å². The van der Waals surface area contributed by atoms with E-state index < -0.39 is 28.0 Å². The van der Waals surface area contributed by atoms with Crippen LogP contribution in [-0.4, -0.2) is 49.4 Å². The lowest BCUT2D eigenvalue weighted by atomic mass is 10.0. The molecule has 2 aliphatic rings. The van der Waals surface area contributed by atoms with Gasteiger partial charge in [-0.25, -0.2) is 12.8 Å². The van der Waals surface area contributed by atoms with Crippen LogP contribution in [0.3, 0.4) is 0 Å². The van der Waals surface area contributed by atoms with Crippen molar-refractivity contribution in [3.05, 3.63) is 35.6 Å². The summed E-state index contributed by atoms with van der Waals surface area (Å²) in [6, 6.07) is 5.46. The van der Waals surface area contributed by atoms with Gasteiger partial charge in [0.2, 0.25) is 10.0 Å². The smallest absolute Gasteiger partial charge is 0.215 e. The van der Waals surface area contributed by atoms with Crippen LogP contribution in [0.15, 0.2) is 24.3 Å². The largest absolute Gasteiger partial charge is 0.392 e. The maximum absolute atomic E-state index is 13.5. The third kappa shape index (κ3) is 3.91. The van der Waals surface area contributed by atoms with Crippen LogP contribution in [0.25, 0.3) is 0 Å². The minimum atomic E-state index is -3.51. The van der Waals surface area contributed by atoms with E-state index in [0.717, 1.165) is 12.8 Å². The van der Waals surface area contributed by atoms with Gasteiger partial charge in [0.05, 0.1) is 17.9 Å². The third-order valence-electron chi connectivity index (χ3n) is 4.61. The van der Waals surface area contributed by atoms with Crippen LogP contribution in [0, 0.1) is 11.7 Å². The number of hydrogen-bond acceptors (Lipinski definition) is 4. The second-order valence-corrected chi connectivity index (χ2v) is 8.33. The second kappa shape index (κ2) is 6.84. The molecule has 0 aromatic heterocycles. The molecule has 2 saturated heterocycles. The fourth-order valence-electron chi connectivity index (χ4n) is 3.42. The molecule has 0 aliphatic carbocycles. The van der Waals surface area contributed by atoms with E-state index in [1.165, 1.54) is 16.4 Å². The first-order valence-electron chi connectivity index (χ1n) is 7.96. The van der Waals surface area contributed by atoms with E-state index in [4.69, 9.17) is 4.74 Å². The lowest BCUT2D eigenvalue weighted by Gasteiger charge is -2.28. The predicted molar refractivity (Wildman–Crippen MR) is 83.8 cm³/mol. The van der Waals surface area contributed by atoms with Crippen LogP contribution in [0.2, 0.25) is 0 Å². The number of aliphatic hydroxyl groups excluding tert-OH is 1. The fourth-order valence-corrected chi connectivity index (χ4v) is 5.53. The van der Waals surface area contributed by atoms with Crippen molar-refractivity contribution in [2.75, 3.05) is 25.5 Å². The molecule has 2 aliphatic heterocycles. The van der Waals surface area contributed by atoms with Gasteiger partial charge in [0.25, 0.3) is 0 Å². The maximum Gasteiger partial charge on any atom is 0.215 e. The number of sulfonamides is 1. The van der Waals surface area contributed by atoms with Gasteiger partial charge in [-0.2, -0.15) is 4.31 Å². The van der Waals surface area contributed by atoms with Gasteiger partial charge in [-0.3, -0.25) is 0 Å². The van der Waals surface area contributed by atoms with Gasteiger partial charge in [0.15, 0.2) is 0 Å². The van der Waals surface area contributed by atoms with E-state index in [0.29, 0.717) is 25.2 Å². The molecule has 0 saturated carbocycles. The SMILES string of the molecule is O=S(=O)(CC1CCOCC1)N1C[C@H](O)C[C@@H]1c1cccc(F)c1. The molecule has 0 radical (unpaired) electrons. The molecule has 23 heavy (non-hydrogen) atoms. The number of halogens is 1. The van der Waals surface area contributed by atoms with Gasteiger partial charge in [-0.15, -0.1) is 0 Å². The zero-order valence-electron chi connectivity index (χ0n) is 12.9. The molecule has 1 N–H and O–H groups in total. The number of aliphatic hydroxyl groups is 1. The molecular formula is C16H22FNO4S. The normalized spacial score (nSPS) is 27.4. The summed E-state index contributed by atoms with van der Waals surface area (Å²) < 4.78 is 45.7. The zero-order valence-corrected chi connectivity index (χ0v) is 13.7. The van der Waals surface area contributed by atoms with Crippen molar-refractivity contribution in [1.82, 2.24) is 4.31 Å². The van der Waals surface area contributed by atoms with Gasteiger partial charge < -0.3 is 9.84 Å². The number of rotatable bonds is 4. The first-order valence-corrected chi connectivity index (χ1v) is 9.57. The molecule has 0 unspecified atom stereocenters. The first kappa shape index (κ1) is 16.8. The number of benzene rings is 1. The number of β-amino-alcohol motifs (C(OH)–C–C–N with tert-alkyl or cyclic N) is 1. The van der Waals surface area contributed by atoms with E-state index in [1.807, 2.05) is 0 Å². The van der Waals surface area contributed by atoms with Crippen LogP contribution in [0.5, 0.6) is 0 Å². The van der Waals surface area contributed by atoms with E-state index in [2.05, 4.69) is 0 Å². The van der Waals surface area contributed by atoms with Crippen molar-refractivity contribution in [1.29, 1.82) is 0 Å². The minimum absolute atomic E-state index is 0.0644. The molecule has 2 fully saturated rings. The summed E-state index contributed by atoms with van der Waals surface area (Å²) >= 11 is 0. The summed E-state index contributed by atoms with van der Waals surface area (Å²) in [5.74, 6) is -0.250. The monoisotopic (exact) mass is 343 g/mol. The van der Waals surface area contributed by atoms with Crippen LogP contribution < -0.4 is 0 Å². The van der Waals surface area contributed by atoms with Crippen molar-refractivity contribution in [3.63, 3.8) is 0 Å². The minimum Gasteiger partial charge on any atom is -0.392 e. The lowest BCUT2D eigenvalue weighted by molar-refractivity contribution is 0.0720. The summed E-state index contributed by atoms with van der Waals surface area (Å²) in [7, 11) is -3.51. The van der Waals surface area contributed by atoms with Gasteiger partial charge in [-0.1, -0.05) is 12.1 Å². The van der Waals surface area contributed by atoms with Gasteiger partial charge in [0.1, 0.15) is 5.82 Å². The van der Waals surface area contributed by atoms with Crippen LogP contribution in [0.4, 0.5) is 4.39 Å². The highest BCUT2D eigenvalue weighted by atomic mass is 32.2. The Morgan fingerprint density at radius 2 is 2.04 bits per heavy atom. The summed E-state index contributed by atoms with van der Waals surface area (Å²) in [6.45, 7) is 1.26. The average molecular weight is 343 g/mol. The van der Waals surface area contributed by atoms with E-state index in [9.17, 15) is 17.9 Å². The second-order valence-electron chi connectivity index (χ2n) is 6.36. The number of nitrogens with zero attached hydrogens (tertiary/aromatic N) is 1. The Morgan fingerprint density at radius 1 is 1.30 bits per heavy atom. The lowest BCUT2D eigenvalue weighted by Crippen LogP contribution is -2.37. The molecule has 7 heteroatoms. The molecular weight excluding hydrogens is 321 g/mol. The van der Waals surface area contributed by atoms with Crippen LogP contribution >= 0.6 is 0 Å². The Balaban J connectivity index is 1.80. The molecule has 3 rings (SSSR count). The highest BCUT2D eigenvalue weighted by molar-refractivity contribution is 7.89.